The third kappa shape index (κ3) is 12.2. The molecule has 0 aliphatic heterocycles. The van der Waals surface area contributed by atoms with Gasteiger partial charge in [0, 0.05) is 11.6 Å². The SMILES string of the molecule is CCCCOc1ccc(CC)cc1/C=C/C(=O)c1c(OCCCC)c(OCCCC)cc(OCCCC)c1OCCCC. The van der Waals surface area contributed by atoms with Crippen molar-refractivity contribution in [2.45, 2.75) is 112 Å². The van der Waals surface area contributed by atoms with Gasteiger partial charge in [0.25, 0.3) is 0 Å². The second-order valence-electron chi connectivity index (χ2n) is 10.8. The molecular formula is C37H56O6. The van der Waals surface area contributed by atoms with E-state index in [1.807, 2.05) is 18.2 Å². The molecule has 0 amide bonds. The van der Waals surface area contributed by atoms with E-state index in [0.717, 1.165) is 81.9 Å². The second-order valence-corrected chi connectivity index (χ2v) is 10.8. The monoisotopic (exact) mass is 596 g/mol. The molecule has 0 bridgehead atoms. The second kappa shape index (κ2) is 21.5. The normalized spacial score (nSPS) is 11.1. The zero-order valence-electron chi connectivity index (χ0n) is 27.7. The van der Waals surface area contributed by atoms with Gasteiger partial charge in [-0.2, -0.15) is 0 Å². The van der Waals surface area contributed by atoms with E-state index in [1.54, 1.807) is 6.08 Å². The van der Waals surface area contributed by atoms with Crippen molar-refractivity contribution in [3.05, 3.63) is 47.0 Å². The summed E-state index contributed by atoms with van der Waals surface area (Å²) in [5, 5.41) is 0. The van der Waals surface area contributed by atoms with Crippen molar-refractivity contribution in [3.8, 4) is 28.7 Å². The van der Waals surface area contributed by atoms with Crippen molar-refractivity contribution >= 4 is 11.9 Å². The topological polar surface area (TPSA) is 63.2 Å². The van der Waals surface area contributed by atoms with E-state index in [1.165, 1.54) is 5.56 Å². The first-order valence-electron chi connectivity index (χ1n) is 16.7. The van der Waals surface area contributed by atoms with Gasteiger partial charge in [-0.1, -0.05) is 79.7 Å². The van der Waals surface area contributed by atoms with E-state index < -0.39 is 0 Å². The van der Waals surface area contributed by atoms with E-state index in [-0.39, 0.29) is 5.78 Å². The Morgan fingerprint density at radius 3 is 1.47 bits per heavy atom. The highest BCUT2D eigenvalue weighted by molar-refractivity contribution is 6.11. The van der Waals surface area contributed by atoms with E-state index >= 15 is 0 Å². The molecule has 0 saturated heterocycles. The first-order valence-corrected chi connectivity index (χ1v) is 16.7. The molecular weight excluding hydrogens is 540 g/mol. The molecule has 2 aromatic rings. The summed E-state index contributed by atoms with van der Waals surface area (Å²) in [6.07, 6.45) is 13.8. The van der Waals surface area contributed by atoms with Gasteiger partial charge in [-0.05, 0) is 68.4 Å². The smallest absolute Gasteiger partial charge is 0.193 e. The summed E-state index contributed by atoms with van der Waals surface area (Å²) < 4.78 is 31.2. The van der Waals surface area contributed by atoms with Crippen LogP contribution in [0.2, 0.25) is 0 Å². The van der Waals surface area contributed by atoms with Crippen LogP contribution in [-0.4, -0.2) is 38.8 Å². The van der Waals surface area contributed by atoms with E-state index in [2.05, 4.69) is 53.7 Å². The number of hydrogen-bond acceptors (Lipinski definition) is 6. The number of benzene rings is 2. The Morgan fingerprint density at radius 1 is 0.581 bits per heavy atom. The molecule has 0 fully saturated rings. The number of hydrogen-bond donors (Lipinski definition) is 0. The lowest BCUT2D eigenvalue weighted by Gasteiger charge is -2.22. The first-order chi connectivity index (χ1) is 21.0. The molecule has 0 heterocycles. The molecule has 6 heteroatoms. The molecule has 240 valence electrons. The molecule has 0 atom stereocenters. The van der Waals surface area contributed by atoms with Crippen molar-refractivity contribution in [1.29, 1.82) is 0 Å². The zero-order chi connectivity index (χ0) is 31.3. The highest BCUT2D eigenvalue weighted by Crippen LogP contribution is 2.46. The van der Waals surface area contributed by atoms with Gasteiger partial charge in [0.05, 0.1) is 33.0 Å². The number of carbonyl (C=O) groups excluding carboxylic acids is 1. The molecule has 0 saturated carbocycles. The van der Waals surface area contributed by atoms with Gasteiger partial charge in [-0.15, -0.1) is 0 Å². The Morgan fingerprint density at radius 2 is 1.02 bits per heavy atom. The van der Waals surface area contributed by atoms with Gasteiger partial charge in [0.1, 0.15) is 11.3 Å². The maximum atomic E-state index is 14.2. The van der Waals surface area contributed by atoms with Crippen LogP contribution in [0.1, 0.15) is 127 Å². The maximum Gasteiger partial charge on any atom is 0.193 e. The van der Waals surface area contributed by atoms with E-state index in [9.17, 15) is 4.79 Å². The fourth-order valence-corrected chi connectivity index (χ4v) is 4.27. The van der Waals surface area contributed by atoms with Crippen molar-refractivity contribution in [2.24, 2.45) is 0 Å². The number of unbranched alkanes of at least 4 members (excludes halogenated alkanes) is 5. The minimum absolute atomic E-state index is 0.222. The Bertz CT molecular complexity index is 1060. The lowest BCUT2D eigenvalue weighted by Crippen LogP contribution is -2.12. The fraction of sp³-hybridized carbons (Fsp3) is 0.595. The molecule has 0 aliphatic carbocycles. The van der Waals surface area contributed by atoms with Crippen LogP contribution in [0.15, 0.2) is 30.3 Å². The summed E-state index contributed by atoms with van der Waals surface area (Å²) in [7, 11) is 0. The Balaban J connectivity index is 2.67. The molecule has 0 aromatic heterocycles. The van der Waals surface area contributed by atoms with Gasteiger partial charge < -0.3 is 23.7 Å². The molecule has 2 aromatic carbocycles. The van der Waals surface area contributed by atoms with Crippen LogP contribution in [0.25, 0.3) is 6.08 Å². The minimum Gasteiger partial charge on any atom is -0.493 e. The predicted molar refractivity (Wildman–Crippen MR) is 178 cm³/mol. The number of aryl methyl sites for hydroxylation is 1. The average molecular weight is 597 g/mol. The molecule has 0 spiro atoms. The Hall–Kier alpha value is -3.15. The number of ether oxygens (including phenoxy) is 5. The third-order valence-corrected chi connectivity index (χ3v) is 7.06. The van der Waals surface area contributed by atoms with Crippen molar-refractivity contribution in [3.63, 3.8) is 0 Å². The lowest BCUT2D eigenvalue weighted by molar-refractivity contribution is 0.103. The van der Waals surface area contributed by atoms with Gasteiger partial charge in [0.2, 0.25) is 0 Å². The van der Waals surface area contributed by atoms with Crippen LogP contribution < -0.4 is 23.7 Å². The standard InChI is InChI=1S/C37H56O6/c1-7-13-22-39-32-21-18-29(12-6)27-30(32)19-20-31(38)35-36(42-25-16-10-4)33(40-23-14-8-2)28-34(41-24-15-9-3)37(35)43-26-17-11-5/h18-21,27-28H,7-17,22-26H2,1-6H3/b20-19+. The summed E-state index contributed by atoms with van der Waals surface area (Å²) in [5.74, 6) is 2.44. The fourth-order valence-electron chi connectivity index (χ4n) is 4.27. The van der Waals surface area contributed by atoms with E-state index in [4.69, 9.17) is 23.7 Å². The quantitative estimate of drug-likeness (QED) is 0.0683. The number of ketones is 1. The van der Waals surface area contributed by atoms with Crippen LogP contribution in [0.3, 0.4) is 0 Å². The van der Waals surface area contributed by atoms with Gasteiger partial charge >= 0.3 is 0 Å². The molecule has 0 radical (unpaired) electrons. The van der Waals surface area contributed by atoms with Crippen LogP contribution >= 0.6 is 0 Å². The minimum atomic E-state index is -0.222. The summed E-state index contributed by atoms with van der Waals surface area (Å²) in [6, 6.07) is 8.01. The van der Waals surface area contributed by atoms with Crippen molar-refractivity contribution in [1.82, 2.24) is 0 Å². The number of rotatable bonds is 24. The summed E-state index contributed by atoms with van der Waals surface area (Å²) in [4.78, 5) is 14.2. The van der Waals surface area contributed by atoms with Crippen LogP contribution in [0.4, 0.5) is 0 Å². The van der Waals surface area contributed by atoms with Crippen molar-refractivity contribution < 1.29 is 28.5 Å². The van der Waals surface area contributed by atoms with Gasteiger partial charge in [-0.25, -0.2) is 0 Å². The highest BCUT2D eigenvalue weighted by Gasteiger charge is 2.27. The molecule has 0 aliphatic rings. The third-order valence-electron chi connectivity index (χ3n) is 7.06. The van der Waals surface area contributed by atoms with Crippen LogP contribution in [0, 0.1) is 0 Å². The maximum absolute atomic E-state index is 14.2. The summed E-state index contributed by atoms with van der Waals surface area (Å²) in [5.41, 5.74) is 2.41. The summed E-state index contributed by atoms with van der Waals surface area (Å²) in [6.45, 7) is 15.4. The predicted octanol–water partition coefficient (Wildman–Crippen LogP) is 10.0. The molecule has 0 unspecified atom stereocenters. The molecule has 0 N–H and O–H groups in total. The molecule has 2 rings (SSSR count). The number of carbonyl (C=O) groups is 1. The molecule has 6 nitrogen and oxygen atoms in total. The molecule has 43 heavy (non-hydrogen) atoms. The van der Waals surface area contributed by atoms with Crippen LogP contribution in [-0.2, 0) is 6.42 Å². The summed E-state index contributed by atoms with van der Waals surface area (Å²) >= 11 is 0. The van der Waals surface area contributed by atoms with Crippen molar-refractivity contribution in [2.75, 3.05) is 33.0 Å². The van der Waals surface area contributed by atoms with Gasteiger partial charge in [0.15, 0.2) is 28.8 Å². The Labute approximate surface area is 261 Å². The highest BCUT2D eigenvalue weighted by atomic mass is 16.5. The van der Waals surface area contributed by atoms with Crippen LogP contribution in [0.5, 0.6) is 28.7 Å². The zero-order valence-corrected chi connectivity index (χ0v) is 27.7. The average Bonchev–Trinajstić information content (AvgIpc) is 3.02. The lowest BCUT2D eigenvalue weighted by atomic mass is 10.0. The number of allylic oxidation sites excluding steroid dienone is 1. The van der Waals surface area contributed by atoms with Gasteiger partial charge in [-0.3, -0.25) is 4.79 Å². The van der Waals surface area contributed by atoms with E-state index in [0.29, 0.717) is 61.6 Å². The first kappa shape index (κ1) is 36.0. The Kier molecular flexibility index (Phi) is 18.0. The largest absolute Gasteiger partial charge is 0.493 e.